The molecule has 1 aromatic rings. The number of aliphatic imine (C=N–C) groups is 1. The largest absolute Gasteiger partial charge is 0.505 e. The summed E-state index contributed by atoms with van der Waals surface area (Å²) < 4.78 is 12.8. The Morgan fingerprint density at radius 3 is 2.28 bits per heavy atom. The van der Waals surface area contributed by atoms with Gasteiger partial charge in [0.2, 0.25) is 0 Å². The van der Waals surface area contributed by atoms with Crippen LogP contribution in [0.4, 0.5) is 4.39 Å². The van der Waals surface area contributed by atoms with Crippen molar-refractivity contribution in [2.24, 2.45) is 4.99 Å². The fraction of sp³-hybridized carbons (Fsp3) is 0.316. The molecule has 0 bridgehead atoms. The van der Waals surface area contributed by atoms with E-state index < -0.39 is 5.91 Å². The lowest BCUT2D eigenvalue weighted by atomic mass is 10.2. The Labute approximate surface area is 149 Å². The van der Waals surface area contributed by atoms with Gasteiger partial charge < -0.3 is 10.4 Å². The number of nitrogens with zero attached hydrogens (tertiary/aromatic N) is 2. The van der Waals surface area contributed by atoms with Gasteiger partial charge in [-0.05, 0) is 37.1 Å². The fourth-order valence-corrected chi connectivity index (χ4v) is 1.43. The van der Waals surface area contributed by atoms with Crippen LogP contribution in [0.3, 0.4) is 0 Å². The normalized spacial score (nSPS) is 10.3. The number of hydrogen-bond donors (Lipinski definition) is 2. The highest BCUT2D eigenvalue weighted by Crippen LogP contribution is 2.11. The second-order valence-corrected chi connectivity index (χ2v) is 4.40. The first kappa shape index (κ1) is 24.3. The number of amides is 1. The van der Waals surface area contributed by atoms with Crippen LogP contribution in [0.5, 0.6) is 0 Å². The van der Waals surface area contributed by atoms with E-state index in [1.165, 1.54) is 25.3 Å². The molecule has 1 rings (SSSR count). The summed E-state index contributed by atoms with van der Waals surface area (Å²) in [7, 11) is 0. The fourth-order valence-electron chi connectivity index (χ4n) is 1.43. The van der Waals surface area contributed by atoms with E-state index in [1.807, 2.05) is 13.8 Å². The van der Waals surface area contributed by atoms with Gasteiger partial charge in [0.25, 0.3) is 5.91 Å². The average molecular weight is 347 g/mol. The van der Waals surface area contributed by atoms with Gasteiger partial charge in [-0.1, -0.05) is 32.6 Å². The predicted molar refractivity (Wildman–Crippen MR) is 99.5 cm³/mol. The van der Waals surface area contributed by atoms with Crippen molar-refractivity contribution >= 4 is 12.1 Å². The lowest BCUT2D eigenvalue weighted by Crippen LogP contribution is -2.25. The molecule has 0 heterocycles. The predicted octanol–water partition coefficient (Wildman–Crippen LogP) is 4.43. The van der Waals surface area contributed by atoms with Gasteiger partial charge in [-0.15, -0.1) is 0 Å². The molecule has 0 saturated heterocycles. The summed E-state index contributed by atoms with van der Waals surface area (Å²) in [6.07, 6.45) is 1.41. The van der Waals surface area contributed by atoms with E-state index in [1.54, 1.807) is 32.0 Å². The number of allylic oxidation sites excluding steroid dienone is 1. The van der Waals surface area contributed by atoms with Crippen LogP contribution in [0.15, 0.2) is 52.9 Å². The molecule has 1 amide bonds. The van der Waals surface area contributed by atoms with Crippen LogP contribution < -0.4 is 5.32 Å². The Bertz CT molecular complexity index is 642. The molecule has 1 aromatic carbocycles. The van der Waals surface area contributed by atoms with Crippen LogP contribution in [-0.4, -0.2) is 17.2 Å². The number of hydrogen-bond acceptors (Lipinski definition) is 4. The lowest BCUT2D eigenvalue weighted by Gasteiger charge is -2.08. The molecule has 0 aliphatic carbocycles. The number of carbonyl (C=O) groups is 1. The number of aliphatic hydroxyl groups excluding tert-OH is 1. The van der Waals surface area contributed by atoms with Gasteiger partial charge in [0.1, 0.15) is 11.6 Å². The maximum atomic E-state index is 12.8. The Hall–Kier alpha value is -2.94. The number of nitriles is 1. The van der Waals surface area contributed by atoms with Crippen molar-refractivity contribution < 1.29 is 14.3 Å². The Morgan fingerprint density at radius 2 is 1.88 bits per heavy atom. The third-order valence-electron chi connectivity index (χ3n) is 2.47. The third kappa shape index (κ3) is 10.4. The summed E-state index contributed by atoms with van der Waals surface area (Å²) in [6.45, 7) is 12.4. The number of aliphatic hydroxyl groups is 1. The van der Waals surface area contributed by atoms with Crippen molar-refractivity contribution in [2.75, 3.05) is 0 Å². The van der Waals surface area contributed by atoms with Crippen LogP contribution in [0.2, 0.25) is 0 Å². The second kappa shape index (κ2) is 14.6. The van der Waals surface area contributed by atoms with Crippen LogP contribution in [0.1, 0.15) is 40.2 Å². The minimum Gasteiger partial charge on any atom is -0.505 e. The molecule has 0 saturated carbocycles. The smallest absolute Gasteiger partial charge is 0.273 e. The first-order valence-corrected chi connectivity index (χ1v) is 7.78. The van der Waals surface area contributed by atoms with Crippen molar-refractivity contribution in [1.82, 2.24) is 5.32 Å². The summed E-state index contributed by atoms with van der Waals surface area (Å²) in [5.74, 6) is -1.11. The molecule has 25 heavy (non-hydrogen) atoms. The van der Waals surface area contributed by atoms with E-state index in [0.29, 0.717) is 5.57 Å². The van der Waals surface area contributed by atoms with Gasteiger partial charge in [-0.25, -0.2) is 4.39 Å². The quantitative estimate of drug-likeness (QED) is 0.357. The van der Waals surface area contributed by atoms with Crippen molar-refractivity contribution in [3.63, 3.8) is 0 Å². The molecule has 2 N–H and O–H groups in total. The molecule has 0 aliphatic rings. The first-order valence-electron chi connectivity index (χ1n) is 7.78. The molecule has 0 aliphatic heterocycles. The van der Waals surface area contributed by atoms with Crippen LogP contribution >= 0.6 is 0 Å². The van der Waals surface area contributed by atoms with Gasteiger partial charge in [-0.2, -0.15) is 5.26 Å². The molecule has 0 spiro atoms. The van der Waals surface area contributed by atoms with E-state index in [-0.39, 0.29) is 23.8 Å². The van der Waals surface area contributed by atoms with Gasteiger partial charge in [0, 0.05) is 19.7 Å². The Balaban J connectivity index is 0. The minimum atomic E-state index is -0.520. The van der Waals surface area contributed by atoms with E-state index in [0.717, 1.165) is 5.56 Å². The zero-order valence-corrected chi connectivity index (χ0v) is 15.4. The van der Waals surface area contributed by atoms with Crippen LogP contribution in [0, 0.1) is 17.1 Å². The van der Waals surface area contributed by atoms with Crippen molar-refractivity contribution in [2.45, 2.75) is 41.2 Å². The van der Waals surface area contributed by atoms with Gasteiger partial charge in [0.05, 0.1) is 6.07 Å². The van der Waals surface area contributed by atoms with E-state index in [9.17, 15) is 14.3 Å². The maximum absolute atomic E-state index is 12.8. The van der Waals surface area contributed by atoms with Crippen LogP contribution in [-0.2, 0) is 11.3 Å². The summed E-state index contributed by atoms with van der Waals surface area (Å²) in [6, 6.07) is 7.52. The van der Waals surface area contributed by atoms with Crippen LogP contribution in [0.25, 0.3) is 0 Å². The highest BCUT2D eigenvalue weighted by Gasteiger charge is 2.14. The SMILES string of the molecule is C=C(C)/C(O)=C(\N=CC)C(=O)NCc1ccc(F)cc1.CC.CC#N. The molecule has 0 radical (unpaired) electrons. The number of nitrogens with one attached hydrogen (secondary N) is 1. The summed E-state index contributed by atoms with van der Waals surface area (Å²) in [5.41, 5.74) is 0.999. The van der Waals surface area contributed by atoms with E-state index in [4.69, 9.17) is 5.26 Å². The monoisotopic (exact) mass is 347 g/mol. The Morgan fingerprint density at radius 1 is 1.40 bits per heavy atom. The topological polar surface area (TPSA) is 85.5 Å². The number of carbonyl (C=O) groups excluding carboxylic acids is 1. The van der Waals surface area contributed by atoms with Crippen molar-refractivity contribution in [1.29, 1.82) is 5.26 Å². The molecule has 0 aromatic heterocycles. The second-order valence-electron chi connectivity index (χ2n) is 4.40. The first-order chi connectivity index (χ1) is 11.9. The molecule has 0 atom stereocenters. The number of rotatable bonds is 5. The molecule has 5 nitrogen and oxygen atoms in total. The number of halogens is 1. The molecule has 136 valence electrons. The molecular formula is C19H26FN3O2. The molecule has 0 fully saturated rings. The zero-order chi connectivity index (χ0) is 19.8. The zero-order valence-electron chi connectivity index (χ0n) is 15.4. The van der Waals surface area contributed by atoms with E-state index >= 15 is 0 Å². The van der Waals surface area contributed by atoms with Gasteiger partial charge >= 0.3 is 0 Å². The molecular weight excluding hydrogens is 321 g/mol. The standard InChI is InChI=1S/C15H17FN2O2.C2H3N.C2H6/c1-4-17-13(14(19)10(2)3)15(20)18-9-11-5-7-12(16)8-6-11;1-2-3;1-2/h4-8,19H,2,9H2,1,3H3,(H,18,20);1H3;1-2H3/b14-13+,17-4?;;. The summed E-state index contributed by atoms with van der Waals surface area (Å²) in [5, 5.41) is 19.7. The lowest BCUT2D eigenvalue weighted by molar-refractivity contribution is -0.117. The highest BCUT2D eigenvalue weighted by molar-refractivity contribution is 5.95. The summed E-state index contributed by atoms with van der Waals surface area (Å²) in [4.78, 5) is 15.8. The molecule has 6 heteroatoms. The maximum Gasteiger partial charge on any atom is 0.273 e. The highest BCUT2D eigenvalue weighted by atomic mass is 19.1. The molecule has 0 unspecified atom stereocenters. The third-order valence-corrected chi connectivity index (χ3v) is 2.47. The number of benzene rings is 1. The van der Waals surface area contributed by atoms with Gasteiger partial charge in [-0.3, -0.25) is 9.79 Å². The summed E-state index contributed by atoms with van der Waals surface area (Å²) >= 11 is 0. The van der Waals surface area contributed by atoms with Crippen molar-refractivity contribution in [3.8, 4) is 6.07 Å². The van der Waals surface area contributed by atoms with E-state index in [2.05, 4.69) is 16.9 Å². The minimum absolute atomic E-state index is 0.0953. The van der Waals surface area contributed by atoms with Crippen molar-refractivity contribution in [3.05, 3.63) is 59.3 Å². The van der Waals surface area contributed by atoms with Gasteiger partial charge in [0.15, 0.2) is 5.70 Å². The Kier molecular flexibility index (Phi) is 14.2. The average Bonchev–Trinajstić information content (AvgIpc) is 2.60.